The van der Waals surface area contributed by atoms with Crippen LogP contribution in [0.2, 0.25) is 5.15 Å². The molecular weight excluding hydrogens is 368 g/mol. The van der Waals surface area contributed by atoms with Crippen molar-refractivity contribution in [3.05, 3.63) is 64.8 Å². The average molecular weight is 387 g/mol. The normalized spacial score (nSPS) is 10.8. The second-order valence-electron chi connectivity index (χ2n) is 6.02. The first kappa shape index (κ1) is 18.5. The summed E-state index contributed by atoms with van der Waals surface area (Å²) in [4.78, 5) is 19.8. The highest BCUT2D eigenvalue weighted by Gasteiger charge is 2.12. The highest BCUT2D eigenvalue weighted by Crippen LogP contribution is 2.25. The van der Waals surface area contributed by atoms with Crippen LogP contribution in [-0.4, -0.2) is 31.3 Å². The van der Waals surface area contributed by atoms with Crippen LogP contribution >= 0.6 is 23.4 Å². The van der Waals surface area contributed by atoms with Gasteiger partial charge in [-0.3, -0.25) is 0 Å². The number of hydrogen-bond donors (Lipinski definition) is 0. The lowest BCUT2D eigenvalue weighted by Gasteiger charge is -2.13. The van der Waals surface area contributed by atoms with Crippen LogP contribution in [0.3, 0.4) is 0 Å². The van der Waals surface area contributed by atoms with Crippen molar-refractivity contribution in [3.8, 4) is 0 Å². The number of rotatable bonds is 5. The van der Waals surface area contributed by atoms with E-state index in [1.165, 1.54) is 0 Å². The second-order valence-corrected chi connectivity index (χ2v) is 7.26. The molecule has 0 aliphatic heterocycles. The summed E-state index contributed by atoms with van der Waals surface area (Å²) in [5.74, 6) is -0.386. The SMILES string of the molecule is CSc1ccc2cc(COC(=O)c3cccc(N(C)C)c3)c(Cl)nc2c1. The van der Waals surface area contributed by atoms with Crippen molar-refractivity contribution in [3.63, 3.8) is 0 Å². The van der Waals surface area contributed by atoms with Crippen molar-refractivity contribution in [2.45, 2.75) is 11.5 Å². The number of esters is 1. The van der Waals surface area contributed by atoms with Gasteiger partial charge in [-0.05, 0) is 42.7 Å². The number of nitrogens with zero attached hydrogens (tertiary/aromatic N) is 2. The van der Waals surface area contributed by atoms with Gasteiger partial charge in [-0.1, -0.05) is 23.7 Å². The molecule has 0 aliphatic rings. The summed E-state index contributed by atoms with van der Waals surface area (Å²) in [6.07, 6.45) is 2.02. The van der Waals surface area contributed by atoms with E-state index in [9.17, 15) is 4.79 Å². The number of benzene rings is 2. The molecule has 0 spiro atoms. The molecule has 0 amide bonds. The Bertz CT molecular complexity index is 960. The zero-order valence-electron chi connectivity index (χ0n) is 14.8. The van der Waals surface area contributed by atoms with Gasteiger partial charge in [-0.25, -0.2) is 9.78 Å². The molecular formula is C20H19ClN2O2S. The minimum Gasteiger partial charge on any atom is -0.457 e. The fraction of sp³-hybridized carbons (Fsp3) is 0.200. The molecule has 6 heteroatoms. The maximum absolute atomic E-state index is 12.3. The van der Waals surface area contributed by atoms with Crippen LogP contribution < -0.4 is 4.90 Å². The Labute approximate surface area is 162 Å². The first-order valence-corrected chi connectivity index (χ1v) is 9.66. The number of fused-ring (bicyclic) bond motifs is 1. The molecule has 2 aromatic carbocycles. The maximum Gasteiger partial charge on any atom is 0.338 e. The molecule has 0 bridgehead atoms. The third-order valence-electron chi connectivity index (χ3n) is 4.01. The van der Waals surface area contributed by atoms with Crippen molar-refractivity contribution in [2.24, 2.45) is 0 Å². The largest absolute Gasteiger partial charge is 0.457 e. The van der Waals surface area contributed by atoms with Crippen molar-refractivity contribution in [1.29, 1.82) is 0 Å². The van der Waals surface area contributed by atoms with E-state index in [2.05, 4.69) is 4.98 Å². The zero-order chi connectivity index (χ0) is 18.7. The number of ether oxygens (including phenoxy) is 1. The van der Waals surface area contributed by atoms with E-state index >= 15 is 0 Å². The van der Waals surface area contributed by atoms with Gasteiger partial charge in [-0.2, -0.15) is 0 Å². The summed E-state index contributed by atoms with van der Waals surface area (Å²) < 4.78 is 5.44. The minimum absolute atomic E-state index is 0.0804. The lowest BCUT2D eigenvalue weighted by molar-refractivity contribution is 0.0473. The van der Waals surface area contributed by atoms with E-state index in [4.69, 9.17) is 16.3 Å². The zero-order valence-corrected chi connectivity index (χ0v) is 16.4. The van der Waals surface area contributed by atoms with E-state index in [-0.39, 0.29) is 12.6 Å². The van der Waals surface area contributed by atoms with Gasteiger partial charge in [0, 0.05) is 35.6 Å². The van der Waals surface area contributed by atoms with Gasteiger partial charge in [0.05, 0.1) is 11.1 Å². The van der Waals surface area contributed by atoms with Crippen LogP contribution in [0.4, 0.5) is 5.69 Å². The van der Waals surface area contributed by atoms with E-state index in [1.54, 1.807) is 23.9 Å². The first-order chi connectivity index (χ1) is 12.5. The number of carbonyl (C=O) groups is 1. The van der Waals surface area contributed by atoms with Gasteiger partial charge in [0.2, 0.25) is 0 Å². The Morgan fingerprint density at radius 2 is 2.00 bits per heavy atom. The van der Waals surface area contributed by atoms with E-state index in [0.29, 0.717) is 16.3 Å². The van der Waals surface area contributed by atoms with Crippen molar-refractivity contribution >= 4 is 45.9 Å². The lowest BCUT2D eigenvalue weighted by Crippen LogP contribution is -2.11. The third-order valence-corrected chi connectivity index (χ3v) is 5.06. The van der Waals surface area contributed by atoms with E-state index in [1.807, 2.05) is 61.6 Å². The Balaban J connectivity index is 1.77. The molecule has 0 N–H and O–H groups in total. The molecule has 0 atom stereocenters. The quantitative estimate of drug-likeness (QED) is 0.349. The summed E-state index contributed by atoms with van der Waals surface area (Å²) in [6.45, 7) is 0.0804. The minimum atomic E-state index is -0.386. The molecule has 3 aromatic rings. The predicted molar refractivity (Wildman–Crippen MR) is 108 cm³/mol. The van der Waals surface area contributed by atoms with Gasteiger partial charge < -0.3 is 9.64 Å². The summed E-state index contributed by atoms with van der Waals surface area (Å²) in [5.41, 5.74) is 2.96. The predicted octanol–water partition coefficient (Wildman–Crippen LogP) is 5.03. The summed E-state index contributed by atoms with van der Waals surface area (Å²) >= 11 is 7.93. The second kappa shape index (κ2) is 7.98. The van der Waals surface area contributed by atoms with E-state index < -0.39 is 0 Å². The Kier molecular flexibility index (Phi) is 5.69. The van der Waals surface area contributed by atoms with Crippen LogP contribution in [-0.2, 0) is 11.3 Å². The van der Waals surface area contributed by atoms with Crippen LogP contribution in [0.1, 0.15) is 15.9 Å². The summed E-state index contributed by atoms with van der Waals surface area (Å²) in [7, 11) is 3.85. The Morgan fingerprint density at radius 3 is 2.73 bits per heavy atom. The standard InChI is InChI=1S/C20H19ClN2O2S/c1-23(2)16-6-4-5-14(10-16)20(24)25-12-15-9-13-7-8-17(26-3)11-18(13)22-19(15)21/h4-11H,12H2,1-3H3. The molecule has 1 heterocycles. The molecule has 1 aromatic heterocycles. The Hall–Kier alpha value is -2.24. The smallest absolute Gasteiger partial charge is 0.338 e. The molecule has 0 unspecified atom stereocenters. The van der Waals surface area contributed by atoms with Gasteiger partial charge in [-0.15, -0.1) is 11.8 Å². The van der Waals surface area contributed by atoms with Gasteiger partial charge in [0.15, 0.2) is 0 Å². The molecule has 3 rings (SSSR count). The summed E-state index contributed by atoms with van der Waals surface area (Å²) in [6, 6.07) is 15.2. The highest BCUT2D eigenvalue weighted by atomic mass is 35.5. The molecule has 0 saturated heterocycles. The molecule has 0 radical (unpaired) electrons. The van der Waals surface area contributed by atoms with Gasteiger partial charge in [0.25, 0.3) is 0 Å². The van der Waals surface area contributed by atoms with Crippen LogP contribution in [0.15, 0.2) is 53.4 Å². The van der Waals surface area contributed by atoms with Crippen LogP contribution in [0, 0.1) is 0 Å². The third kappa shape index (κ3) is 4.11. The number of thioether (sulfide) groups is 1. The fourth-order valence-electron chi connectivity index (χ4n) is 2.53. The molecule has 0 fully saturated rings. The van der Waals surface area contributed by atoms with Gasteiger partial charge in [0.1, 0.15) is 11.8 Å². The topological polar surface area (TPSA) is 42.4 Å². The van der Waals surface area contributed by atoms with Gasteiger partial charge >= 0.3 is 5.97 Å². The highest BCUT2D eigenvalue weighted by molar-refractivity contribution is 7.98. The molecule has 4 nitrogen and oxygen atoms in total. The maximum atomic E-state index is 12.3. The molecule has 0 saturated carbocycles. The van der Waals surface area contributed by atoms with E-state index in [0.717, 1.165) is 21.5 Å². The number of anilines is 1. The van der Waals surface area contributed by atoms with Crippen LogP contribution in [0.25, 0.3) is 10.9 Å². The lowest BCUT2D eigenvalue weighted by atomic mass is 10.1. The number of pyridine rings is 1. The average Bonchev–Trinajstić information content (AvgIpc) is 2.65. The van der Waals surface area contributed by atoms with Crippen LogP contribution in [0.5, 0.6) is 0 Å². The first-order valence-electron chi connectivity index (χ1n) is 8.05. The molecule has 134 valence electrons. The van der Waals surface area contributed by atoms with Crippen molar-refractivity contribution in [1.82, 2.24) is 4.98 Å². The number of carbonyl (C=O) groups excluding carboxylic acids is 1. The fourth-order valence-corrected chi connectivity index (χ4v) is 3.17. The Morgan fingerprint density at radius 1 is 1.19 bits per heavy atom. The summed E-state index contributed by atoms with van der Waals surface area (Å²) in [5, 5.41) is 1.32. The number of halogens is 1. The van der Waals surface area contributed by atoms with Crippen molar-refractivity contribution < 1.29 is 9.53 Å². The molecule has 0 aliphatic carbocycles. The number of hydrogen-bond acceptors (Lipinski definition) is 5. The monoisotopic (exact) mass is 386 g/mol. The molecule has 26 heavy (non-hydrogen) atoms. The number of aromatic nitrogens is 1. The van der Waals surface area contributed by atoms with Crippen molar-refractivity contribution in [2.75, 3.05) is 25.3 Å².